The van der Waals surface area contributed by atoms with Gasteiger partial charge in [0, 0.05) is 22.1 Å². The molecule has 3 aliphatic rings. The van der Waals surface area contributed by atoms with Crippen molar-refractivity contribution in [1.82, 2.24) is 0 Å². The lowest BCUT2D eigenvalue weighted by Gasteiger charge is -2.45. The van der Waals surface area contributed by atoms with Gasteiger partial charge in [0.25, 0.3) is 0 Å². The lowest BCUT2D eigenvalue weighted by molar-refractivity contribution is -0.119. The van der Waals surface area contributed by atoms with Crippen LogP contribution in [0.4, 0.5) is 0 Å². The van der Waals surface area contributed by atoms with Gasteiger partial charge in [0.05, 0.1) is 7.11 Å². The Bertz CT molecular complexity index is 700. The van der Waals surface area contributed by atoms with Crippen LogP contribution >= 0.6 is 0 Å². The van der Waals surface area contributed by atoms with Crippen LogP contribution < -0.4 is 0 Å². The molecule has 0 aromatic heterocycles. The molecular weight excluding hydrogens is 288 g/mol. The molecule has 1 atom stereocenters. The van der Waals surface area contributed by atoms with Crippen LogP contribution in [0.2, 0.25) is 0 Å². The summed E-state index contributed by atoms with van der Waals surface area (Å²) in [7, 11) is 1.49. The van der Waals surface area contributed by atoms with Crippen LogP contribution in [0, 0.1) is 16.7 Å². The van der Waals surface area contributed by atoms with Gasteiger partial charge >= 0.3 is 0 Å². The van der Waals surface area contributed by atoms with E-state index in [2.05, 4.69) is 20.8 Å². The average molecular weight is 314 g/mol. The summed E-state index contributed by atoms with van der Waals surface area (Å²) in [5.41, 5.74) is 2.75. The van der Waals surface area contributed by atoms with Gasteiger partial charge < -0.3 is 4.74 Å². The van der Waals surface area contributed by atoms with E-state index in [1.54, 1.807) is 0 Å². The molecular formula is C20H26O3. The quantitative estimate of drug-likeness (QED) is 0.719. The van der Waals surface area contributed by atoms with Gasteiger partial charge in [0.1, 0.15) is 0 Å². The molecule has 0 amide bonds. The van der Waals surface area contributed by atoms with Crippen molar-refractivity contribution in [3.8, 4) is 0 Å². The highest BCUT2D eigenvalue weighted by molar-refractivity contribution is 6.27. The fraction of sp³-hybridized carbons (Fsp3) is 0.600. The van der Waals surface area contributed by atoms with E-state index in [1.807, 2.05) is 19.9 Å². The number of fused-ring (bicyclic) bond motifs is 2. The molecule has 0 aromatic rings. The molecule has 3 rings (SSSR count). The Labute approximate surface area is 138 Å². The molecule has 0 unspecified atom stereocenters. The van der Waals surface area contributed by atoms with Crippen molar-refractivity contribution in [3.63, 3.8) is 0 Å². The second-order valence-electron chi connectivity index (χ2n) is 8.18. The second kappa shape index (κ2) is 4.93. The topological polar surface area (TPSA) is 43.4 Å². The monoisotopic (exact) mass is 314 g/mol. The van der Waals surface area contributed by atoms with E-state index in [1.165, 1.54) is 12.7 Å². The minimum atomic E-state index is -0.323. The van der Waals surface area contributed by atoms with Crippen LogP contribution in [0.15, 0.2) is 34.1 Å². The van der Waals surface area contributed by atoms with Gasteiger partial charge in [-0.25, -0.2) is 0 Å². The summed E-state index contributed by atoms with van der Waals surface area (Å²) in [6, 6.07) is 0. The van der Waals surface area contributed by atoms with Crippen molar-refractivity contribution in [3.05, 3.63) is 34.1 Å². The molecule has 0 aliphatic heterocycles. The van der Waals surface area contributed by atoms with Crippen molar-refractivity contribution in [2.75, 3.05) is 7.11 Å². The van der Waals surface area contributed by atoms with Crippen LogP contribution in [0.1, 0.15) is 53.9 Å². The summed E-state index contributed by atoms with van der Waals surface area (Å²) < 4.78 is 5.38. The Morgan fingerprint density at radius 2 is 1.74 bits per heavy atom. The number of Topliss-reactive ketones (excluding diaryl/α,β-unsaturated/α-hetero) is 2. The van der Waals surface area contributed by atoms with E-state index in [0.717, 1.165) is 19.3 Å². The third-order valence-electron chi connectivity index (χ3n) is 5.86. The molecule has 3 aliphatic carbocycles. The number of hydrogen-bond donors (Lipinski definition) is 0. The van der Waals surface area contributed by atoms with E-state index < -0.39 is 0 Å². The number of carbonyl (C=O) groups excluding carboxylic acids is 2. The third kappa shape index (κ3) is 2.02. The minimum absolute atomic E-state index is 0.0228. The molecule has 0 N–H and O–H groups in total. The van der Waals surface area contributed by atoms with Crippen LogP contribution in [0.3, 0.4) is 0 Å². The molecule has 124 valence electrons. The first-order valence-electron chi connectivity index (χ1n) is 8.50. The zero-order chi connectivity index (χ0) is 17.2. The zero-order valence-electron chi connectivity index (χ0n) is 15.0. The molecule has 0 radical (unpaired) electrons. The lowest BCUT2D eigenvalue weighted by Crippen LogP contribution is -2.38. The highest BCUT2D eigenvalue weighted by atomic mass is 16.5. The largest absolute Gasteiger partial charge is 0.492 e. The predicted molar refractivity (Wildman–Crippen MR) is 89.7 cm³/mol. The molecule has 23 heavy (non-hydrogen) atoms. The SMILES string of the molecule is COC1=C(C(C)C)C(=O)C2=C(C1=O)[C@@]1(C)CCCC(C)(C)C1=C2. The summed E-state index contributed by atoms with van der Waals surface area (Å²) in [6.07, 6.45) is 5.11. The molecule has 0 aromatic carbocycles. The van der Waals surface area contributed by atoms with E-state index in [9.17, 15) is 9.59 Å². The van der Waals surface area contributed by atoms with Crippen LogP contribution in [-0.4, -0.2) is 18.7 Å². The summed E-state index contributed by atoms with van der Waals surface area (Å²) >= 11 is 0. The van der Waals surface area contributed by atoms with Gasteiger partial charge in [-0.1, -0.05) is 46.6 Å². The summed E-state index contributed by atoms with van der Waals surface area (Å²) in [6.45, 7) is 10.4. The fourth-order valence-electron chi connectivity index (χ4n) is 4.79. The Kier molecular flexibility index (Phi) is 3.48. The van der Waals surface area contributed by atoms with E-state index >= 15 is 0 Å². The molecule has 0 heterocycles. The lowest BCUT2D eigenvalue weighted by atomic mass is 9.59. The summed E-state index contributed by atoms with van der Waals surface area (Å²) in [5, 5.41) is 0. The molecule has 0 saturated heterocycles. The van der Waals surface area contributed by atoms with Crippen LogP contribution in [-0.2, 0) is 14.3 Å². The van der Waals surface area contributed by atoms with Crippen molar-refractivity contribution in [1.29, 1.82) is 0 Å². The van der Waals surface area contributed by atoms with Gasteiger partial charge in [0.15, 0.2) is 11.5 Å². The number of rotatable bonds is 2. The number of ether oxygens (including phenoxy) is 1. The number of ketones is 2. The van der Waals surface area contributed by atoms with E-state index in [-0.39, 0.29) is 34.1 Å². The molecule has 3 heteroatoms. The fourth-order valence-corrected chi connectivity index (χ4v) is 4.79. The minimum Gasteiger partial charge on any atom is -0.492 e. The maximum Gasteiger partial charge on any atom is 0.225 e. The summed E-state index contributed by atoms with van der Waals surface area (Å²) in [4.78, 5) is 26.2. The molecule has 0 bridgehead atoms. The van der Waals surface area contributed by atoms with E-state index in [4.69, 9.17) is 4.74 Å². The average Bonchev–Trinajstić information content (AvgIpc) is 2.77. The Morgan fingerprint density at radius 3 is 2.30 bits per heavy atom. The van der Waals surface area contributed by atoms with Crippen LogP contribution in [0.5, 0.6) is 0 Å². The second-order valence-corrected chi connectivity index (χ2v) is 8.18. The zero-order valence-corrected chi connectivity index (χ0v) is 15.0. The van der Waals surface area contributed by atoms with Crippen molar-refractivity contribution in [2.24, 2.45) is 16.7 Å². The first-order valence-corrected chi connectivity index (χ1v) is 8.50. The standard InChI is InChI=1S/C20H26O3/c1-11(2)14-16(21)12-10-13-19(3,4)8-7-9-20(13,5)15(12)17(22)18(14)23-6/h10-11H,7-9H2,1-6H3/t20-/m0/s1. The van der Waals surface area contributed by atoms with Gasteiger partial charge in [-0.3, -0.25) is 9.59 Å². The van der Waals surface area contributed by atoms with Crippen molar-refractivity contribution >= 4 is 11.6 Å². The van der Waals surface area contributed by atoms with Gasteiger partial charge in [-0.05, 0) is 30.3 Å². The Balaban J connectivity index is 2.20. The number of carbonyl (C=O) groups is 2. The maximum atomic E-state index is 13.1. The Morgan fingerprint density at radius 1 is 1.09 bits per heavy atom. The molecule has 3 nitrogen and oxygen atoms in total. The predicted octanol–water partition coefficient (Wildman–Crippen LogP) is 4.15. The Hall–Kier alpha value is -1.64. The number of allylic oxidation sites excluding steroid dienone is 5. The highest BCUT2D eigenvalue weighted by Gasteiger charge is 2.53. The first kappa shape index (κ1) is 16.2. The third-order valence-corrected chi connectivity index (χ3v) is 5.86. The van der Waals surface area contributed by atoms with Crippen molar-refractivity contribution < 1.29 is 14.3 Å². The molecule has 1 fully saturated rings. The van der Waals surface area contributed by atoms with Gasteiger partial charge in [0.2, 0.25) is 5.78 Å². The number of methoxy groups -OCH3 is 1. The van der Waals surface area contributed by atoms with Crippen molar-refractivity contribution in [2.45, 2.75) is 53.9 Å². The van der Waals surface area contributed by atoms with E-state index in [0.29, 0.717) is 16.7 Å². The van der Waals surface area contributed by atoms with Gasteiger partial charge in [-0.2, -0.15) is 0 Å². The normalized spacial score (nSPS) is 29.8. The number of hydrogen-bond acceptors (Lipinski definition) is 3. The first-order chi connectivity index (χ1) is 10.6. The van der Waals surface area contributed by atoms with Crippen LogP contribution in [0.25, 0.3) is 0 Å². The smallest absolute Gasteiger partial charge is 0.225 e. The van der Waals surface area contributed by atoms with Gasteiger partial charge in [-0.15, -0.1) is 0 Å². The summed E-state index contributed by atoms with van der Waals surface area (Å²) in [5.74, 6) is 0.114. The maximum absolute atomic E-state index is 13.1. The molecule has 1 saturated carbocycles. The highest BCUT2D eigenvalue weighted by Crippen LogP contribution is 2.60. The molecule has 0 spiro atoms.